The average molecular weight is 532 g/mol. The third-order valence-corrected chi connectivity index (χ3v) is 6.55. The molecule has 194 valence electrons. The van der Waals surface area contributed by atoms with E-state index >= 15 is 0 Å². The first kappa shape index (κ1) is 25.0. The minimum Gasteiger partial charge on any atom is -0.472 e. The van der Waals surface area contributed by atoms with Crippen LogP contribution in [-0.4, -0.2) is 47.1 Å². The molecular formula is C26H25N7O4S. The molecule has 3 aromatic heterocycles. The van der Waals surface area contributed by atoms with E-state index in [9.17, 15) is 13.2 Å². The zero-order chi connectivity index (χ0) is 26.7. The molecule has 2 aromatic carbocycles. The molecule has 0 aliphatic heterocycles. The monoisotopic (exact) mass is 531 g/mol. The van der Waals surface area contributed by atoms with Crippen molar-refractivity contribution in [1.29, 1.82) is 0 Å². The summed E-state index contributed by atoms with van der Waals surface area (Å²) in [6.45, 7) is 0.345. The maximum atomic E-state index is 12.7. The molecule has 11 nitrogen and oxygen atoms in total. The summed E-state index contributed by atoms with van der Waals surface area (Å²) >= 11 is 0. The molecule has 12 heteroatoms. The van der Waals surface area contributed by atoms with Gasteiger partial charge in [0.15, 0.2) is 9.84 Å². The molecule has 2 N–H and O–H groups in total. The van der Waals surface area contributed by atoms with Crippen molar-refractivity contribution in [3.8, 4) is 0 Å². The molecule has 0 unspecified atom stereocenters. The topological polar surface area (TPSA) is 135 Å². The van der Waals surface area contributed by atoms with Crippen molar-refractivity contribution in [2.75, 3.05) is 28.8 Å². The van der Waals surface area contributed by atoms with E-state index in [2.05, 4.69) is 25.6 Å². The van der Waals surface area contributed by atoms with Gasteiger partial charge in [-0.1, -0.05) is 24.3 Å². The molecule has 1 amide bonds. The summed E-state index contributed by atoms with van der Waals surface area (Å²) in [4.78, 5) is 28.1. The van der Waals surface area contributed by atoms with E-state index in [1.54, 1.807) is 42.6 Å². The molecule has 0 aliphatic carbocycles. The summed E-state index contributed by atoms with van der Waals surface area (Å²) < 4.78 is 30.0. The largest absolute Gasteiger partial charge is 0.472 e. The number of carbonyl (C=O) groups is 1. The van der Waals surface area contributed by atoms with E-state index < -0.39 is 9.84 Å². The molecule has 3 heterocycles. The second-order valence-electron chi connectivity index (χ2n) is 8.79. The van der Waals surface area contributed by atoms with E-state index in [-0.39, 0.29) is 11.7 Å². The van der Waals surface area contributed by atoms with Crippen LogP contribution >= 0.6 is 0 Å². The number of nitrogens with zero attached hydrogens (tertiary/aromatic N) is 5. The quantitative estimate of drug-likeness (QED) is 0.289. The van der Waals surface area contributed by atoms with Crippen molar-refractivity contribution in [1.82, 2.24) is 19.5 Å². The van der Waals surface area contributed by atoms with E-state index in [1.807, 2.05) is 40.8 Å². The zero-order valence-electron chi connectivity index (χ0n) is 20.7. The average Bonchev–Trinajstić information content (AvgIpc) is 3.54. The molecule has 0 radical (unpaired) electrons. The van der Waals surface area contributed by atoms with E-state index in [4.69, 9.17) is 4.42 Å². The van der Waals surface area contributed by atoms with Gasteiger partial charge in [-0.15, -0.1) is 0 Å². The van der Waals surface area contributed by atoms with Crippen molar-refractivity contribution < 1.29 is 17.6 Å². The van der Waals surface area contributed by atoms with Crippen LogP contribution in [0.5, 0.6) is 0 Å². The Morgan fingerprint density at radius 1 is 1.05 bits per heavy atom. The lowest BCUT2D eigenvalue weighted by Crippen LogP contribution is -2.25. The second kappa shape index (κ2) is 10.3. The lowest BCUT2D eigenvalue weighted by molar-refractivity contribution is 0.102. The first-order valence-corrected chi connectivity index (χ1v) is 13.7. The molecular weight excluding hydrogens is 506 g/mol. The predicted octanol–water partition coefficient (Wildman–Crippen LogP) is 4.05. The summed E-state index contributed by atoms with van der Waals surface area (Å²) in [5, 5.41) is 6.01. The first-order valence-electron chi connectivity index (χ1n) is 11.6. The fourth-order valence-electron chi connectivity index (χ4n) is 3.90. The van der Waals surface area contributed by atoms with Gasteiger partial charge in [-0.3, -0.25) is 14.7 Å². The number of imidazole rings is 1. The van der Waals surface area contributed by atoms with Crippen molar-refractivity contribution in [3.05, 3.63) is 90.5 Å². The minimum atomic E-state index is -3.11. The molecule has 0 atom stereocenters. The van der Waals surface area contributed by atoms with Crippen LogP contribution in [0.3, 0.4) is 0 Å². The third kappa shape index (κ3) is 5.81. The minimum absolute atomic E-state index is 0.0164. The number of benzene rings is 2. The van der Waals surface area contributed by atoms with Crippen molar-refractivity contribution in [2.45, 2.75) is 12.4 Å². The van der Waals surface area contributed by atoms with E-state index in [1.165, 1.54) is 18.8 Å². The number of anilines is 4. The van der Waals surface area contributed by atoms with Gasteiger partial charge < -0.3 is 14.6 Å². The molecule has 0 fully saturated rings. The van der Waals surface area contributed by atoms with Gasteiger partial charge in [0.1, 0.15) is 12.1 Å². The van der Waals surface area contributed by atoms with Gasteiger partial charge in [-0.05, 0) is 42.0 Å². The van der Waals surface area contributed by atoms with Crippen LogP contribution in [0.1, 0.15) is 15.9 Å². The van der Waals surface area contributed by atoms with Gasteiger partial charge in [0.05, 0.1) is 35.3 Å². The maximum Gasteiger partial charge on any atom is 0.261 e. The molecule has 0 spiro atoms. The standard InChI is InChI=1S/C26H25N7O4S/c1-32(23-11-13-27-25(30-23)28-20-9-7-18(8-10-20)16-38(2,35)36)17-33-22-6-4-3-5-21(22)29-26(33)31-24(34)19-12-14-37-15-19/h3-15H,16-17H2,1-2H3,(H,27,28,30)(H,29,31,34). The number of sulfone groups is 1. The van der Waals surface area contributed by atoms with Crippen molar-refractivity contribution in [3.63, 3.8) is 0 Å². The zero-order valence-corrected chi connectivity index (χ0v) is 21.5. The number of rotatable bonds is 9. The number of carbonyl (C=O) groups excluding carboxylic acids is 1. The van der Waals surface area contributed by atoms with Crippen molar-refractivity contribution >= 4 is 50.2 Å². The fraction of sp³-hybridized carbons (Fsp3) is 0.154. The van der Waals surface area contributed by atoms with Crippen LogP contribution in [0.4, 0.5) is 23.4 Å². The van der Waals surface area contributed by atoms with Crippen LogP contribution in [0.25, 0.3) is 11.0 Å². The Hall–Kier alpha value is -4.71. The first-order chi connectivity index (χ1) is 18.2. The lowest BCUT2D eigenvalue weighted by Gasteiger charge is -2.21. The smallest absolute Gasteiger partial charge is 0.261 e. The Morgan fingerprint density at radius 2 is 1.84 bits per heavy atom. The van der Waals surface area contributed by atoms with Gasteiger partial charge in [-0.25, -0.2) is 18.4 Å². The third-order valence-electron chi connectivity index (χ3n) is 5.69. The van der Waals surface area contributed by atoms with Gasteiger partial charge in [-0.2, -0.15) is 4.98 Å². The predicted molar refractivity (Wildman–Crippen MR) is 145 cm³/mol. The van der Waals surface area contributed by atoms with Gasteiger partial charge in [0, 0.05) is 25.2 Å². The number of fused-ring (bicyclic) bond motifs is 1. The molecule has 38 heavy (non-hydrogen) atoms. The summed E-state index contributed by atoms with van der Waals surface area (Å²) in [5.41, 5.74) is 3.42. The maximum absolute atomic E-state index is 12.7. The fourth-order valence-corrected chi connectivity index (χ4v) is 4.70. The highest BCUT2D eigenvalue weighted by Crippen LogP contribution is 2.23. The van der Waals surface area contributed by atoms with Crippen LogP contribution in [0, 0.1) is 0 Å². The Morgan fingerprint density at radius 3 is 2.58 bits per heavy atom. The van der Waals surface area contributed by atoms with Crippen LogP contribution in [0.15, 0.2) is 83.8 Å². The van der Waals surface area contributed by atoms with Gasteiger partial charge in [0.25, 0.3) is 5.91 Å². The van der Waals surface area contributed by atoms with Crippen LogP contribution < -0.4 is 15.5 Å². The highest BCUT2D eigenvalue weighted by molar-refractivity contribution is 7.89. The summed E-state index contributed by atoms with van der Waals surface area (Å²) in [6, 6.07) is 18.1. The number of nitrogens with one attached hydrogen (secondary N) is 2. The Bertz CT molecular complexity index is 1680. The summed E-state index contributed by atoms with van der Waals surface area (Å²) in [6.07, 6.45) is 5.67. The lowest BCUT2D eigenvalue weighted by atomic mass is 10.2. The number of furan rings is 1. The number of para-hydroxylation sites is 2. The molecule has 0 bridgehead atoms. The molecule has 0 saturated carbocycles. The highest BCUT2D eigenvalue weighted by Gasteiger charge is 2.17. The number of aromatic nitrogens is 4. The number of hydrogen-bond acceptors (Lipinski definition) is 9. The second-order valence-corrected chi connectivity index (χ2v) is 10.9. The van der Waals surface area contributed by atoms with Gasteiger partial charge >= 0.3 is 0 Å². The summed E-state index contributed by atoms with van der Waals surface area (Å²) in [7, 11) is -1.23. The molecule has 0 aliphatic rings. The van der Waals surface area contributed by atoms with E-state index in [0.717, 1.165) is 16.7 Å². The molecule has 0 saturated heterocycles. The Balaban J connectivity index is 1.35. The number of hydrogen-bond donors (Lipinski definition) is 2. The van der Waals surface area contributed by atoms with Crippen LogP contribution in [-0.2, 0) is 22.3 Å². The molecule has 5 rings (SSSR count). The normalized spacial score (nSPS) is 11.4. The summed E-state index contributed by atoms with van der Waals surface area (Å²) in [5.74, 6) is 1.08. The Kier molecular flexibility index (Phi) is 6.79. The SMILES string of the molecule is CN(Cn1c(NC(=O)c2ccoc2)nc2ccccc21)c1ccnc(Nc2ccc(CS(C)(=O)=O)cc2)n1. The van der Waals surface area contributed by atoms with Gasteiger partial charge in [0.2, 0.25) is 11.9 Å². The van der Waals surface area contributed by atoms with Crippen molar-refractivity contribution in [2.24, 2.45) is 0 Å². The van der Waals surface area contributed by atoms with Crippen LogP contribution in [0.2, 0.25) is 0 Å². The van der Waals surface area contributed by atoms with E-state index in [0.29, 0.717) is 35.5 Å². The molecule has 5 aromatic rings. The number of amides is 1. The highest BCUT2D eigenvalue weighted by atomic mass is 32.2. The Labute approximate surface area is 219 Å².